The summed E-state index contributed by atoms with van der Waals surface area (Å²) < 4.78 is 0. The van der Waals surface area contributed by atoms with E-state index in [0.29, 0.717) is 10.3 Å². The topological polar surface area (TPSA) is 0 Å². The molecule has 0 nitrogen and oxygen atoms in total. The van der Waals surface area contributed by atoms with Crippen LogP contribution in [0.1, 0.15) is 34.6 Å². The first kappa shape index (κ1) is 8.59. The summed E-state index contributed by atoms with van der Waals surface area (Å²) in [6.45, 7) is 11.5. The smallest absolute Gasteiger partial charge is 0.110 e. The summed E-state index contributed by atoms with van der Waals surface area (Å²) in [5.41, 5.74) is 0. The summed E-state index contributed by atoms with van der Waals surface area (Å²) in [6.07, 6.45) is 0. The molecule has 0 aromatic heterocycles. The van der Waals surface area contributed by atoms with Crippen molar-refractivity contribution in [2.75, 3.05) is 0 Å². The van der Waals surface area contributed by atoms with Crippen molar-refractivity contribution in [1.29, 1.82) is 0 Å². The average molecular weight is 154 g/mol. The van der Waals surface area contributed by atoms with Gasteiger partial charge >= 0.3 is 0 Å². The molecular formula is C8H16BP. The lowest BCUT2D eigenvalue weighted by atomic mass is 9.83. The average Bonchev–Trinajstić information content (AvgIpc) is 1.84. The molecule has 1 fully saturated rings. The molecule has 56 valence electrons. The summed E-state index contributed by atoms with van der Waals surface area (Å²) >= 11 is 0. The molecule has 1 saturated heterocycles. The van der Waals surface area contributed by atoms with Gasteiger partial charge in [0.05, 0.1) is 0 Å². The molecule has 0 amide bonds. The van der Waals surface area contributed by atoms with Gasteiger partial charge in [0.1, 0.15) is 7.57 Å². The van der Waals surface area contributed by atoms with Crippen LogP contribution in [0.15, 0.2) is 0 Å². The highest BCUT2D eigenvalue weighted by Crippen LogP contribution is 2.73. The normalized spacial score (nSPS) is 42.5. The van der Waals surface area contributed by atoms with Crippen molar-refractivity contribution >= 4 is 15.4 Å². The maximum Gasteiger partial charge on any atom is 0.110 e. The molecule has 1 aliphatic rings. The van der Waals surface area contributed by atoms with Gasteiger partial charge in [-0.25, -0.2) is 0 Å². The maximum atomic E-state index is 6.09. The van der Waals surface area contributed by atoms with Gasteiger partial charge in [-0.1, -0.05) is 34.6 Å². The molecule has 0 saturated carbocycles. The Bertz CT molecular complexity index is 121. The Morgan fingerprint density at radius 1 is 1.10 bits per heavy atom. The van der Waals surface area contributed by atoms with Crippen molar-refractivity contribution in [3.63, 3.8) is 0 Å². The van der Waals surface area contributed by atoms with Gasteiger partial charge in [-0.3, -0.25) is 0 Å². The molecule has 0 atom stereocenters. The molecule has 2 heteroatoms. The highest BCUT2D eigenvalue weighted by Gasteiger charge is 2.55. The van der Waals surface area contributed by atoms with Gasteiger partial charge in [0, 0.05) is 0 Å². The predicted octanol–water partition coefficient (Wildman–Crippen LogP) is 2.76. The van der Waals surface area contributed by atoms with Gasteiger partial charge in [0.15, 0.2) is 0 Å². The molecule has 0 N–H and O–H groups in total. The molecule has 1 rings (SSSR count). The molecule has 0 unspecified atom stereocenters. The van der Waals surface area contributed by atoms with E-state index < -0.39 is 0 Å². The van der Waals surface area contributed by atoms with Gasteiger partial charge in [-0.15, -0.1) is 7.80 Å². The zero-order chi connectivity index (χ0) is 8.15. The molecule has 1 heterocycles. The Balaban J connectivity index is 2.78. The van der Waals surface area contributed by atoms with E-state index in [2.05, 4.69) is 34.6 Å². The Kier molecular flexibility index (Phi) is 1.72. The lowest BCUT2D eigenvalue weighted by Crippen LogP contribution is -2.55. The molecule has 0 aromatic carbocycles. The molecular weight excluding hydrogens is 138 g/mol. The molecule has 10 heavy (non-hydrogen) atoms. The van der Waals surface area contributed by atoms with Crippen molar-refractivity contribution < 1.29 is 0 Å². The number of hydrogen-bond donors (Lipinski definition) is 0. The molecule has 0 bridgehead atoms. The van der Waals surface area contributed by atoms with Crippen LogP contribution in [0.4, 0.5) is 0 Å². The van der Waals surface area contributed by atoms with Crippen LogP contribution >= 0.6 is 7.80 Å². The van der Waals surface area contributed by atoms with Crippen LogP contribution in [0.5, 0.6) is 0 Å². The van der Waals surface area contributed by atoms with E-state index in [1.807, 2.05) is 0 Å². The molecule has 0 aliphatic carbocycles. The second-order valence-corrected chi connectivity index (χ2v) is 7.44. The van der Waals surface area contributed by atoms with Gasteiger partial charge in [-0.05, 0) is 16.2 Å². The monoisotopic (exact) mass is 154 g/mol. The second-order valence-electron chi connectivity index (χ2n) is 4.40. The van der Waals surface area contributed by atoms with Crippen LogP contribution in [0.3, 0.4) is 0 Å². The quantitative estimate of drug-likeness (QED) is 0.371. The fourth-order valence-corrected chi connectivity index (χ4v) is 4.72. The van der Waals surface area contributed by atoms with E-state index in [-0.39, 0.29) is 7.80 Å². The van der Waals surface area contributed by atoms with Gasteiger partial charge in [0.25, 0.3) is 0 Å². The van der Waals surface area contributed by atoms with Crippen molar-refractivity contribution in [1.82, 2.24) is 0 Å². The fourth-order valence-electron chi connectivity index (χ4n) is 1.96. The van der Waals surface area contributed by atoms with Crippen LogP contribution in [0.25, 0.3) is 0 Å². The van der Waals surface area contributed by atoms with Crippen LogP contribution in [-0.2, 0) is 0 Å². The Hall–Kier alpha value is 0.495. The highest BCUT2D eigenvalue weighted by molar-refractivity contribution is 7.86. The Morgan fingerprint density at radius 3 is 1.50 bits per heavy atom. The minimum atomic E-state index is -0.244. The van der Waals surface area contributed by atoms with Crippen LogP contribution in [0, 0.1) is 5.92 Å². The first-order chi connectivity index (χ1) is 4.31. The molecule has 1 aliphatic heterocycles. The third-order valence-electron chi connectivity index (χ3n) is 3.36. The van der Waals surface area contributed by atoms with Crippen LogP contribution in [-0.4, -0.2) is 17.9 Å². The van der Waals surface area contributed by atoms with E-state index >= 15 is 0 Å². The summed E-state index contributed by atoms with van der Waals surface area (Å²) in [6, 6.07) is 0. The SMILES string of the molecule is [B]P1C(C)(C)C(C)C1(C)C. The Morgan fingerprint density at radius 2 is 1.40 bits per heavy atom. The van der Waals surface area contributed by atoms with Crippen molar-refractivity contribution in [3.8, 4) is 0 Å². The third-order valence-corrected chi connectivity index (χ3v) is 6.62. The van der Waals surface area contributed by atoms with E-state index in [9.17, 15) is 0 Å². The zero-order valence-corrected chi connectivity index (χ0v) is 8.50. The lowest BCUT2D eigenvalue weighted by molar-refractivity contribution is 0.311. The van der Waals surface area contributed by atoms with E-state index in [1.54, 1.807) is 0 Å². The molecule has 0 aromatic rings. The molecule has 0 spiro atoms. The minimum absolute atomic E-state index is 0.244. The first-order valence-corrected chi connectivity index (χ1v) is 5.27. The van der Waals surface area contributed by atoms with Crippen molar-refractivity contribution in [3.05, 3.63) is 0 Å². The lowest BCUT2D eigenvalue weighted by Gasteiger charge is -2.63. The summed E-state index contributed by atoms with van der Waals surface area (Å²) in [5.74, 6) is 0.774. The summed E-state index contributed by atoms with van der Waals surface area (Å²) in [7, 11) is 5.85. The van der Waals surface area contributed by atoms with E-state index in [1.165, 1.54) is 0 Å². The Labute approximate surface area is 66.9 Å². The predicted molar refractivity (Wildman–Crippen MR) is 50.0 cm³/mol. The largest absolute Gasteiger partial charge is 0.145 e. The zero-order valence-electron chi connectivity index (χ0n) is 7.60. The standard InChI is InChI=1S/C8H16BP/c1-6-7(2,3)10(9)8(6,4)5/h6H,1-5H3. The van der Waals surface area contributed by atoms with Crippen LogP contribution in [0.2, 0.25) is 0 Å². The van der Waals surface area contributed by atoms with Crippen LogP contribution < -0.4 is 0 Å². The number of rotatable bonds is 0. The maximum absolute atomic E-state index is 6.09. The third kappa shape index (κ3) is 0.795. The van der Waals surface area contributed by atoms with E-state index in [0.717, 1.165) is 5.92 Å². The van der Waals surface area contributed by atoms with Crippen molar-refractivity contribution in [2.45, 2.75) is 44.9 Å². The first-order valence-electron chi connectivity index (χ1n) is 3.86. The summed E-state index contributed by atoms with van der Waals surface area (Å²) in [4.78, 5) is 0. The van der Waals surface area contributed by atoms with E-state index in [4.69, 9.17) is 7.57 Å². The second kappa shape index (κ2) is 2.00. The van der Waals surface area contributed by atoms with Gasteiger partial charge < -0.3 is 0 Å². The highest BCUT2D eigenvalue weighted by atomic mass is 31.1. The van der Waals surface area contributed by atoms with Crippen molar-refractivity contribution in [2.24, 2.45) is 5.92 Å². The van der Waals surface area contributed by atoms with Gasteiger partial charge in [-0.2, -0.15) is 0 Å². The number of hydrogen-bond acceptors (Lipinski definition) is 0. The summed E-state index contributed by atoms with van der Waals surface area (Å²) in [5, 5.41) is 0.831. The minimum Gasteiger partial charge on any atom is -0.145 e. The fraction of sp³-hybridized carbons (Fsp3) is 1.00. The molecule has 2 radical (unpaired) electrons. The van der Waals surface area contributed by atoms with Gasteiger partial charge in [0.2, 0.25) is 0 Å².